The zero-order valence-electron chi connectivity index (χ0n) is 12.3. The van der Waals surface area contributed by atoms with Crippen LogP contribution in [0, 0.1) is 0 Å². The third-order valence-electron chi connectivity index (χ3n) is 3.63. The van der Waals surface area contributed by atoms with Crippen molar-refractivity contribution in [1.29, 1.82) is 0 Å². The van der Waals surface area contributed by atoms with Crippen LogP contribution in [0.15, 0.2) is 24.3 Å². The highest BCUT2D eigenvalue weighted by molar-refractivity contribution is 7.90. The van der Waals surface area contributed by atoms with Gasteiger partial charge in [-0.25, -0.2) is 8.42 Å². The first-order chi connectivity index (χ1) is 9.79. The van der Waals surface area contributed by atoms with Crippen LogP contribution < -0.4 is 15.5 Å². The van der Waals surface area contributed by atoms with E-state index in [-0.39, 0.29) is 18.1 Å². The van der Waals surface area contributed by atoms with Crippen molar-refractivity contribution in [2.45, 2.75) is 12.5 Å². The molecule has 1 aromatic rings. The molecule has 1 amide bonds. The van der Waals surface area contributed by atoms with E-state index < -0.39 is 15.9 Å². The Morgan fingerprint density at radius 1 is 1.29 bits per heavy atom. The highest BCUT2D eigenvalue weighted by Crippen LogP contribution is 2.32. The molecular formula is C14H21N3O3S. The average molecular weight is 311 g/mol. The Morgan fingerprint density at radius 2 is 1.90 bits per heavy atom. The first kappa shape index (κ1) is 15.8. The van der Waals surface area contributed by atoms with E-state index in [0.717, 1.165) is 24.2 Å². The van der Waals surface area contributed by atoms with Crippen LogP contribution in [0.25, 0.3) is 0 Å². The van der Waals surface area contributed by atoms with E-state index in [1.54, 1.807) is 4.90 Å². The van der Waals surface area contributed by atoms with Gasteiger partial charge in [-0.2, -0.15) is 0 Å². The molecule has 1 heterocycles. The van der Waals surface area contributed by atoms with E-state index in [1.807, 2.05) is 31.3 Å². The molecular weight excluding hydrogens is 290 g/mol. The molecule has 1 unspecified atom stereocenters. The molecule has 7 heteroatoms. The Balaban J connectivity index is 2.15. The zero-order valence-corrected chi connectivity index (χ0v) is 13.1. The number of hydrogen-bond acceptors (Lipinski definition) is 5. The summed E-state index contributed by atoms with van der Waals surface area (Å²) in [6, 6.07) is 6.84. The number of carbonyl (C=O) groups excluding carboxylic acids is 1. The van der Waals surface area contributed by atoms with E-state index in [4.69, 9.17) is 5.73 Å². The number of fused-ring (bicyclic) bond motifs is 1. The summed E-state index contributed by atoms with van der Waals surface area (Å²) in [5.41, 5.74) is 7.68. The highest BCUT2D eigenvalue weighted by atomic mass is 32.2. The van der Waals surface area contributed by atoms with Gasteiger partial charge in [0.05, 0.1) is 23.2 Å². The number of sulfone groups is 1. The van der Waals surface area contributed by atoms with Crippen molar-refractivity contribution in [3.63, 3.8) is 0 Å². The van der Waals surface area contributed by atoms with Crippen LogP contribution >= 0.6 is 0 Å². The number of nitrogens with zero attached hydrogens (tertiary/aromatic N) is 2. The summed E-state index contributed by atoms with van der Waals surface area (Å²) >= 11 is 0. The molecule has 6 nitrogen and oxygen atoms in total. The molecule has 0 aliphatic carbocycles. The number of nitrogens with two attached hydrogens (primary N) is 1. The van der Waals surface area contributed by atoms with Crippen molar-refractivity contribution in [2.24, 2.45) is 5.73 Å². The fourth-order valence-electron chi connectivity index (χ4n) is 2.40. The van der Waals surface area contributed by atoms with Gasteiger partial charge in [0.2, 0.25) is 5.91 Å². The Labute approximate surface area is 125 Å². The zero-order chi connectivity index (χ0) is 15.6. The van der Waals surface area contributed by atoms with Crippen molar-refractivity contribution in [3.05, 3.63) is 24.3 Å². The van der Waals surface area contributed by atoms with Crippen LogP contribution in [0.5, 0.6) is 0 Å². The van der Waals surface area contributed by atoms with Crippen molar-refractivity contribution < 1.29 is 13.2 Å². The summed E-state index contributed by atoms with van der Waals surface area (Å²) < 4.78 is 22.4. The topological polar surface area (TPSA) is 83.7 Å². The van der Waals surface area contributed by atoms with Gasteiger partial charge in [-0.3, -0.25) is 4.79 Å². The Bertz CT molecular complexity index is 630. The average Bonchev–Trinajstić information content (AvgIpc) is 2.44. The quantitative estimate of drug-likeness (QED) is 0.860. The van der Waals surface area contributed by atoms with Gasteiger partial charge in [-0.1, -0.05) is 12.1 Å². The number of benzene rings is 1. The van der Waals surface area contributed by atoms with Gasteiger partial charge in [-0.15, -0.1) is 0 Å². The van der Waals surface area contributed by atoms with Crippen LogP contribution in [0.4, 0.5) is 11.4 Å². The molecule has 0 spiro atoms. The first-order valence-electron chi connectivity index (χ1n) is 6.84. The molecule has 0 aromatic heterocycles. The molecule has 0 saturated heterocycles. The number of rotatable bonds is 4. The van der Waals surface area contributed by atoms with Crippen LogP contribution in [-0.2, 0) is 14.6 Å². The smallest absolute Gasteiger partial charge is 0.244 e. The molecule has 0 radical (unpaired) electrons. The summed E-state index contributed by atoms with van der Waals surface area (Å²) in [6.07, 6.45) is 1.29. The van der Waals surface area contributed by atoms with Gasteiger partial charge in [0.15, 0.2) is 0 Å². The van der Waals surface area contributed by atoms with Crippen molar-refractivity contribution in [2.75, 3.05) is 41.9 Å². The predicted molar refractivity (Wildman–Crippen MR) is 84.4 cm³/mol. The van der Waals surface area contributed by atoms with E-state index in [0.29, 0.717) is 6.54 Å². The van der Waals surface area contributed by atoms with Crippen LogP contribution in [-0.4, -0.2) is 52.5 Å². The SMILES string of the molecule is CN1CCN(C(=O)C(N)CCS(C)(=O)=O)c2ccccc21. The molecule has 1 aliphatic heterocycles. The van der Waals surface area contributed by atoms with Gasteiger partial charge >= 0.3 is 0 Å². The minimum absolute atomic E-state index is 0.0741. The van der Waals surface area contributed by atoms with E-state index in [9.17, 15) is 13.2 Å². The lowest BCUT2D eigenvalue weighted by Crippen LogP contribution is -2.49. The van der Waals surface area contributed by atoms with E-state index in [1.165, 1.54) is 0 Å². The summed E-state index contributed by atoms with van der Waals surface area (Å²) in [4.78, 5) is 16.2. The molecule has 1 aliphatic rings. The number of hydrogen-bond donors (Lipinski definition) is 1. The molecule has 1 atom stereocenters. The summed E-state index contributed by atoms with van der Waals surface area (Å²) in [6.45, 7) is 1.28. The van der Waals surface area contributed by atoms with Crippen molar-refractivity contribution >= 4 is 27.1 Å². The second-order valence-electron chi connectivity index (χ2n) is 5.43. The lowest BCUT2D eigenvalue weighted by atomic mass is 10.1. The molecule has 116 valence electrons. The fourth-order valence-corrected chi connectivity index (χ4v) is 3.08. The number of para-hydroxylation sites is 2. The normalized spacial score (nSPS) is 16.5. The molecule has 2 N–H and O–H groups in total. The standard InChI is InChI=1S/C14H21N3O3S/c1-16-8-9-17(13-6-4-3-5-12(13)16)14(18)11(15)7-10-21(2,19)20/h3-6,11H,7-10,15H2,1-2H3. The van der Waals surface area contributed by atoms with Crippen LogP contribution in [0.1, 0.15) is 6.42 Å². The second-order valence-corrected chi connectivity index (χ2v) is 7.68. The van der Waals surface area contributed by atoms with E-state index >= 15 is 0 Å². The lowest BCUT2D eigenvalue weighted by Gasteiger charge is -2.36. The minimum Gasteiger partial charge on any atom is -0.371 e. The predicted octanol–water partition coefficient (Wildman–Crippen LogP) is 0.231. The Kier molecular flexibility index (Phi) is 4.53. The van der Waals surface area contributed by atoms with Crippen LogP contribution in [0.2, 0.25) is 0 Å². The molecule has 0 saturated carbocycles. The maximum absolute atomic E-state index is 12.5. The number of likely N-dealkylation sites (N-methyl/N-ethyl adjacent to an activating group) is 1. The van der Waals surface area contributed by atoms with Gasteiger partial charge in [-0.05, 0) is 18.6 Å². The summed E-state index contributed by atoms with van der Waals surface area (Å²) in [5, 5.41) is 0. The molecule has 0 fully saturated rings. The highest BCUT2D eigenvalue weighted by Gasteiger charge is 2.28. The monoisotopic (exact) mass is 311 g/mol. The van der Waals surface area contributed by atoms with Gasteiger partial charge < -0.3 is 15.5 Å². The largest absolute Gasteiger partial charge is 0.371 e. The maximum Gasteiger partial charge on any atom is 0.244 e. The minimum atomic E-state index is -3.11. The second kappa shape index (κ2) is 6.03. The van der Waals surface area contributed by atoms with Gasteiger partial charge in [0, 0.05) is 26.4 Å². The van der Waals surface area contributed by atoms with Crippen molar-refractivity contribution in [1.82, 2.24) is 0 Å². The van der Waals surface area contributed by atoms with Gasteiger partial charge in [0.25, 0.3) is 0 Å². The summed E-state index contributed by atoms with van der Waals surface area (Å²) in [5.74, 6) is -0.297. The van der Waals surface area contributed by atoms with Gasteiger partial charge in [0.1, 0.15) is 9.84 Å². The number of carbonyl (C=O) groups is 1. The lowest BCUT2D eigenvalue weighted by molar-refractivity contribution is -0.119. The maximum atomic E-state index is 12.5. The third-order valence-corrected chi connectivity index (χ3v) is 4.60. The molecule has 0 bridgehead atoms. The van der Waals surface area contributed by atoms with Crippen molar-refractivity contribution in [3.8, 4) is 0 Å². The number of amides is 1. The Hall–Kier alpha value is -1.60. The molecule has 1 aromatic carbocycles. The molecule has 2 rings (SSSR count). The third kappa shape index (κ3) is 3.74. The first-order valence-corrected chi connectivity index (χ1v) is 8.90. The Morgan fingerprint density at radius 3 is 2.52 bits per heavy atom. The number of anilines is 2. The summed E-state index contributed by atoms with van der Waals surface area (Å²) in [7, 11) is -1.14. The van der Waals surface area contributed by atoms with Crippen LogP contribution in [0.3, 0.4) is 0 Å². The molecule has 21 heavy (non-hydrogen) atoms. The fraction of sp³-hybridized carbons (Fsp3) is 0.500. The van der Waals surface area contributed by atoms with E-state index in [2.05, 4.69) is 4.90 Å².